The van der Waals surface area contributed by atoms with Crippen LogP contribution in [0.3, 0.4) is 0 Å². The van der Waals surface area contributed by atoms with Gasteiger partial charge in [-0.05, 0) is 29.8 Å². The number of esters is 1. The fourth-order valence-electron chi connectivity index (χ4n) is 2.09. The second-order valence-corrected chi connectivity index (χ2v) is 5.58. The maximum absolute atomic E-state index is 13.6. The van der Waals surface area contributed by atoms with Crippen molar-refractivity contribution in [3.63, 3.8) is 0 Å². The number of benzene rings is 2. The van der Waals surface area contributed by atoms with Gasteiger partial charge in [0.25, 0.3) is 11.6 Å². The highest BCUT2D eigenvalue weighted by Gasteiger charge is 2.14. The molecule has 0 aliphatic carbocycles. The molecule has 0 saturated heterocycles. The van der Waals surface area contributed by atoms with E-state index in [1.54, 1.807) is 30.3 Å². The lowest BCUT2D eigenvalue weighted by Gasteiger charge is -2.06. The van der Waals surface area contributed by atoms with Crippen molar-refractivity contribution in [3.05, 3.63) is 82.7 Å². The zero-order valence-electron chi connectivity index (χ0n) is 15.2. The number of hydrogen-bond donors (Lipinski definition) is 1. The highest BCUT2D eigenvalue weighted by Crippen LogP contribution is 2.21. The number of carbonyl (C=O) groups is 2. The Morgan fingerprint density at radius 1 is 1.21 bits per heavy atom. The average molecular weight is 400 g/mol. The third-order valence-electron chi connectivity index (χ3n) is 3.44. The van der Waals surface area contributed by atoms with Gasteiger partial charge in [-0.2, -0.15) is 0 Å². The first-order valence-electron chi connectivity index (χ1n) is 8.31. The highest BCUT2D eigenvalue weighted by atomic mass is 19.1. The number of anilines is 1. The molecule has 0 unspecified atom stereocenters. The van der Waals surface area contributed by atoms with Gasteiger partial charge in [-0.3, -0.25) is 14.9 Å². The van der Waals surface area contributed by atoms with Crippen LogP contribution in [0.1, 0.15) is 5.56 Å². The Balaban J connectivity index is 1.85. The molecule has 0 aromatic heterocycles. The number of rotatable bonds is 9. The second-order valence-electron chi connectivity index (χ2n) is 5.58. The molecule has 0 spiro atoms. The zero-order valence-corrected chi connectivity index (χ0v) is 15.2. The maximum Gasteiger partial charge on any atom is 0.331 e. The molecule has 0 saturated carbocycles. The van der Waals surface area contributed by atoms with E-state index >= 15 is 0 Å². The van der Waals surface area contributed by atoms with Crippen LogP contribution >= 0.6 is 0 Å². The van der Waals surface area contributed by atoms with Gasteiger partial charge >= 0.3 is 5.97 Å². The lowest BCUT2D eigenvalue weighted by atomic mass is 10.2. The molecule has 2 aromatic carbocycles. The van der Waals surface area contributed by atoms with E-state index in [2.05, 4.69) is 11.9 Å². The predicted octanol–water partition coefficient (Wildman–Crippen LogP) is 3.49. The van der Waals surface area contributed by atoms with Gasteiger partial charge in [-0.15, -0.1) is 0 Å². The quantitative estimate of drug-likeness (QED) is 0.227. The molecular weight excluding hydrogens is 383 g/mol. The van der Waals surface area contributed by atoms with Crippen molar-refractivity contribution in [2.45, 2.75) is 0 Å². The first kappa shape index (κ1) is 21.3. The molecule has 2 rings (SSSR count). The average Bonchev–Trinajstić information content (AvgIpc) is 2.71. The number of ether oxygens (including phenoxy) is 2. The molecule has 1 amide bonds. The van der Waals surface area contributed by atoms with E-state index in [1.807, 2.05) is 0 Å². The third kappa shape index (κ3) is 6.90. The smallest absolute Gasteiger partial charge is 0.331 e. The van der Waals surface area contributed by atoms with Crippen LogP contribution in [0.5, 0.6) is 5.75 Å². The van der Waals surface area contributed by atoms with E-state index in [1.165, 1.54) is 6.08 Å². The fraction of sp³-hybridized carbons (Fsp3) is 0.100. The van der Waals surface area contributed by atoms with Crippen molar-refractivity contribution in [2.24, 2.45) is 0 Å². The van der Waals surface area contributed by atoms with Gasteiger partial charge in [0.05, 0.1) is 10.6 Å². The first-order chi connectivity index (χ1) is 13.9. The van der Waals surface area contributed by atoms with Crippen LogP contribution in [-0.4, -0.2) is 30.0 Å². The number of amides is 1. The largest absolute Gasteiger partial charge is 0.490 e. The first-order valence-corrected chi connectivity index (χ1v) is 8.31. The summed E-state index contributed by atoms with van der Waals surface area (Å²) >= 11 is 0. The number of nitro benzene ring substituents is 1. The van der Waals surface area contributed by atoms with Crippen molar-refractivity contribution in [1.29, 1.82) is 0 Å². The Bertz CT molecular complexity index is 940. The van der Waals surface area contributed by atoms with Crippen LogP contribution in [0.15, 0.2) is 61.2 Å². The van der Waals surface area contributed by atoms with Crippen molar-refractivity contribution >= 4 is 29.3 Å². The van der Waals surface area contributed by atoms with E-state index in [4.69, 9.17) is 9.47 Å². The lowest BCUT2D eigenvalue weighted by Crippen LogP contribution is -2.20. The number of nitrogens with one attached hydrogen (secondary N) is 1. The van der Waals surface area contributed by atoms with Gasteiger partial charge < -0.3 is 14.8 Å². The van der Waals surface area contributed by atoms with Crippen LogP contribution in [0, 0.1) is 15.9 Å². The van der Waals surface area contributed by atoms with Crippen LogP contribution in [-0.2, 0) is 14.3 Å². The van der Waals surface area contributed by atoms with Gasteiger partial charge in [0, 0.05) is 18.2 Å². The van der Waals surface area contributed by atoms with E-state index in [0.717, 1.165) is 24.3 Å². The summed E-state index contributed by atoms with van der Waals surface area (Å²) in [6.07, 6.45) is 4.23. The molecule has 150 valence electrons. The van der Waals surface area contributed by atoms with Gasteiger partial charge in [-0.25, -0.2) is 9.18 Å². The summed E-state index contributed by atoms with van der Waals surface area (Å²) in [6, 6.07) is 9.58. The van der Waals surface area contributed by atoms with Crippen LogP contribution in [0.2, 0.25) is 0 Å². The number of carbonyl (C=O) groups excluding carboxylic acids is 2. The van der Waals surface area contributed by atoms with Crippen molar-refractivity contribution in [3.8, 4) is 5.75 Å². The minimum Gasteiger partial charge on any atom is -0.490 e. The molecule has 0 aliphatic rings. The van der Waals surface area contributed by atoms with Crippen LogP contribution < -0.4 is 10.1 Å². The van der Waals surface area contributed by atoms with Crippen LogP contribution in [0.4, 0.5) is 15.8 Å². The molecule has 29 heavy (non-hydrogen) atoms. The van der Waals surface area contributed by atoms with Gasteiger partial charge in [-0.1, -0.05) is 24.8 Å². The van der Waals surface area contributed by atoms with Crippen molar-refractivity contribution in [1.82, 2.24) is 0 Å². The molecule has 0 heterocycles. The van der Waals surface area contributed by atoms with Gasteiger partial charge in [0.15, 0.2) is 6.61 Å². The molecule has 0 radical (unpaired) electrons. The second kappa shape index (κ2) is 10.4. The lowest BCUT2D eigenvalue weighted by molar-refractivity contribution is -0.384. The Hall–Kier alpha value is -4.01. The topological polar surface area (TPSA) is 108 Å². The summed E-state index contributed by atoms with van der Waals surface area (Å²) in [5, 5.41) is 12.8. The molecule has 0 bridgehead atoms. The third-order valence-corrected chi connectivity index (χ3v) is 3.44. The molecular formula is C20H17FN2O6. The van der Waals surface area contributed by atoms with Gasteiger partial charge in [0.1, 0.15) is 18.2 Å². The highest BCUT2D eigenvalue weighted by molar-refractivity contribution is 5.94. The zero-order chi connectivity index (χ0) is 21.2. The number of nitrogens with zero attached hydrogens (tertiary/aromatic N) is 1. The molecule has 1 N–H and O–H groups in total. The monoisotopic (exact) mass is 400 g/mol. The van der Waals surface area contributed by atoms with E-state index in [9.17, 15) is 24.1 Å². The molecule has 8 nitrogen and oxygen atoms in total. The summed E-state index contributed by atoms with van der Waals surface area (Å²) in [4.78, 5) is 33.5. The predicted molar refractivity (Wildman–Crippen MR) is 104 cm³/mol. The van der Waals surface area contributed by atoms with E-state index in [-0.39, 0.29) is 11.4 Å². The van der Waals surface area contributed by atoms with Crippen LogP contribution in [0.25, 0.3) is 6.08 Å². The van der Waals surface area contributed by atoms with Gasteiger partial charge in [0.2, 0.25) is 0 Å². The maximum atomic E-state index is 13.6. The number of nitro groups is 1. The summed E-state index contributed by atoms with van der Waals surface area (Å²) in [5.41, 5.74) is -0.0619. The minimum atomic E-state index is -0.851. The molecule has 9 heteroatoms. The molecule has 0 fully saturated rings. The Morgan fingerprint density at radius 2 is 1.93 bits per heavy atom. The molecule has 0 aliphatic heterocycles. The molecule has 0 atom stereocenters. The summed E-state index contributed by atoms with van der Waals surface area (Å²) in [7, 11) is 0. The summed E-state index contributed by atoms with van der Waals surface area (Å²) < 4.78 is 23.7. The summed E-state index contributed by atoms with van der Waals surface area (Å²) in [5.74, 6) is -1.83. The minimum absolute atomic E-state index is 0.379. The Kier molecular flexibility index (Phi) is 7.60. The SMILES string of the molecule is C=CCOc1ccc(/C=C/C(=O)OCC(=O)Nc2cc([N+](=O)[O-])ccc2F)cc1. The fourth-order valence-corrected chi connectivity index (χ4v) is 2.09. The molecule has 2 aromatic rings. The summed E-state index contributed by atoms with van der Waals surface area (Å²) in [6.45, 7) is 3.25. The van der Waals surface area contributed by atoms with Crippen molar-refractivity contribution in [2.75, 3.05) is 18.5 Å². The number of non-ortho nitro benzene ring substituents is 1. The normalized spacial score (nSPS) is 10.4. The van der Waals surface area contributed by atoms with Crippen molar-refractivity contribution < 1.29 is 28.4 Å². The van der Waals surface area contributed by atoms with E-state index in [0.29, 0.717) is 17.9 Å². The number of halogens is 1. The standard InChI is InChI=1S/C20H17FN2O6/c1-2-11-28-16-7-3-14(4-8-16)5-10-20(25)29-13-19(24)22-18-12-15(23(26)27)6-9-17(18)21/h2-10,12H,1,11,13H2,(H,22,24)/b10-5+. The number of hydrogen-bond acceptors (Lipinski definition) is 6. The Morgan fingerprint density at radius 3 is 2.59 bits per heavy atom. The Labute approximate surface area is 165 Å². The van der Waals surface area contributed by atoms with E-state index < -0.39 is 29.2 Å².